The Kier molecular flexibility index (Phi) is 7.74. The molecular weight excluding hydrogens is 347 g/mol. The quantitative estimate of drug-likeness (QED) is 0.420. The Morgan fingerprint density at radius 2 is 1.19 bits per heavy atom. The standard InChI is InChI=1S/C21H35O2Si2.Li/c1-7-24(8-2,9-3)22-20-16-18-14-13-15-19(18)17-21(20)23-25(10-4,11-5)12-6;/h13-17H,7-12H2,1-6H3;. The average Bonchev–Trinajstić information content (AvgIpc) is 3.04. The fourth-order valence-electron chi connectivity index (χ4n) is 4.04. The third-order valence-electron chi connectivity index (χ3n) is 6.72. The number of fused-ring (bicyclic) bond motifs is 1. The average molecular weight is 383 g/mol. The molecule has 1 aliphatic carbocycles. The van der Waals surface area contributed by atoms with E-state index >= 15 is 0 Å². The molecule has 140 valence electrons. The number of hydrogen-bond donors (Lipinski definition) is 0. The topological polar surface area (TPSA) is 18.5 Å². The summed E-state index contributed by atoms with van der Waals surface area (Å²) in [5.74, 6) is 2.02. The number of rotatable bonds is 10. The normalized spacial score (nSPS) is 16.7. The summed E-state index contributed by atoms with van der Waals surface area (Å²) in [5, 5.41) is 0. The van der Waals surface area contributed by atoms with Gasteiger partial charge in [-0.3, -0.25) is 0 Å². The van der Waals surface area contributed by atoms with Crippen molar-refractivity contribution in [2.75, 3.05) is 0 Å². The Balaban J connectivity index is 2.50. The minimum absolute atomic E-state index is 0.466. The van der Waals surface area contributed by atoms with Gasteiger partial charge in [-0.05, 0) is 0 Å². The van der Waals surface area contributed by atoms with Gasteiger partial charge in [-0.2, -0.15) is 0 Å². The maximum atomic E-state index is 6.84. The zero-order valence-corrected chi connectivity index (χ0v) is 19.9. The molecule has 2 rings (SSSR count). The van der Waals surface area contributed by atoms with Crippen LogP contribution in [0.4, 0.5) is 0 Å². The van der Waals surface area contributed by atoms with Crippen molar-refractivity contribution in [3.05, 3.63) is 29.3 Å². The Morgan fingerprint density at radius 1 is 0.769 bits per heavy atom. The van der Waals surface area contributed by atoms with Gasteiger partial charge in [-0.1, -0.05) is 0 Å². The van der Waals surface area contributed by atoms with Gasteiger partial charge in [0.05, 0.1) is 0 Å². The zero-order chi connectivity index (χ0) is 19.4. The van der Waals surface area contributed by atoms with Crippen molar-refractivity contribution in [1.82, 2.24) is 0 Å². The van der Waals surface area contributed by atoms with E-state index in [0.717, 1.165) is 47.8 Å². The second-order valence-corrected chi connectivity index (χ2v) is 17.2. The van der Waals surface area contributed by atoms with E-state index in [4.69, 9.17) is 8.85 Å². The van der Waals surface area contributed by atoms with Crippen LogP contribution < -0.4 is 8.85 Å². The summed E-state index contributed by atoms with van der Waals surface area (Å²) in [6.45, 7) is 13.7. The molecule has 0 heterocycles. The van der Waals surface area contributed by atoms with E-state index in [1.807, 2.05) is 0 Å². The van der Waals surface area contributed by atoms with E-state index in [0.29, 0.717) is 4.59 Å². The molecule has 0 N–H and O–H groups in total. The number of benzene rings is 1. The molecule has 0 fully saturated rings. The van der Waals surface area contributed by atoms with Gasteiger partial charge in [-0.25, -0.2) is 0 Å². The van der Waals surface area contributed by atoms with Crippen LogP contribution in [0.3, 0.4) is 0 Å². The summed E-state index contributed by atoms with van der Waals surface area (Å²) >= 11 is 2.26. The molecule has 1 unspecified atom stereocenters. The van der Waals surface area contributed by atoms with Gasteiger partial charge >= 0.3 is 173 Å². The van der Waals surface area contributed by atoms with Crippen LogP contribution in [0.15, 0.2) is 18.2 Å². The Hall–Kier alpha value is -0.409. The van der Waals surface area contributed by atoms with Gasteiger partial charge in [0, 0.05) is 0 Å². The molecule has 0 amide bonds. The molecule has 1 aromatic carbocycles. The molecule has 0 saturated carbocycles. The van der Waals surface area contributed by atoms with Gasteiger partial charge < -0.3 is 0 Å². The minimum atomic E-state index is -1.74. The van der Waals surface area contributed by atoms with Crippen LogP contribution >= 0.6 is 0 Å². The second-order valence-electron chi connectivity index (χ2n) is 7.77. The van der Waals surface area contributed by atoms with Crippen LogP contribution in [0.2, 0.25) is 36.3 Å². The molecule has 2 nitrogen and oxygen atoms in total. The predicted molar refractivity (Wildman–Crippen MR) is 120 cm³/mol. The van der Waals surface area contributed by atoms with Crippen LogP contribution in [0.25, 0.3) is 6.08 Å². The van der Waals surface area contributed by atoms with E-state index in [2.05, 4.69) is 83.5 Å². The molecule has 0 radical (unpaired) electrons. The van der Waals surface area contributed by atoms with Crippen molar-refractivity contribution in [2.24, 2.45) is 0 Å². The van der Waals surface area contributed by atoms with Gasteiger partial charge in [0.25, 0.3) is 0 Å². The third-order valence-corrected chi connectivity index (χ3v) is 15.8. The fraction of sp³-hybridized carbons (Fsp3) is 0.619. The molecule has 0 aliphatic heterocycles. The first-order chi connectivity index (χ1) is 12.4. The van der Waals surface area contributed by atoms with Crippen LogP contribution in [-0.2, 0) is 0 Å². The monoisotopic (exact) mass is 382 g/mol. The van der Waals surface area contributed by atoms with E-state index < -0.39 is 16.6 Å². The van der Waals surface area contributed by atoms with Crippen LogP contribution in [-0.4, -0.2) is 34.3 Å². The summed E-state index contributed by atoms with van der Waals surface area (Å²) < 4.78 is 14.1. The third kappa shape index (κ3) is 4.35. The maximum absolute atomic E-state index is 6.84. The summed E-state index contributed by atoms with van der Waals surface area (Å²) in [4.78, 5) is 0. The van der Waals surface area contributed by atoms with Gasteiger partial charge in [-0.15, -0.1) is 0 Å². The van der Waals surface area contributed by atoms with Crippen molar-refractivity contribution >= 4 is 40.4 Å². The number of hydrogen-bond acceptors (Lipinski definition) is 2. The predicted octanol–water partition coefficient (Wildman–Crippen LogP) is 6.69. The molecule has 26 heavy (non-hydrogen) atoms. The summed E-state index contributed by atoms with van der Waals surface area (Å²) in [7, 11) is -3.47. The summed E-state index contributed by atoms with van der Waals surface area (Å²) in [6.07, 6.45) is 4.53. The van der Waals surface area contributed by atoms with Gasteiger partial charge in [0.1, 0.15) is 0 Å². The van der Waals surface area contributed by atoms with Crippen molar-refractivity contribution in [1.29, 1.82) is 0 Å². The molecule has 1 aliphatic rings. The van der Waals surface area contributed by atoms with E-state index in [-0.39, 0.29) is 0 Å². The zero-order valence-electron chi connectivity index (χ0n) is 17.9. The van der Waals surface area contributed by atoms with E-state index in [1.165, 1.54) is 11.1 Å². The first kappa shape index (κ1) is 21.9. The summed E-state index contributed by atoms with van der Waals surface area (Å²) in [6, 6.07) is 11.5. The fourth-order valence-corrected chi connectivity index (χ4v) is 9.16. The molecule has 5 heteroatoms. The Morgan fingerprint density at radius 3 is 1.62 bits per heavy atom. The van der Waals surface area contributed by atoms with Crippen molar-refractivity contribution in [3.63, 3.8) is 0 Å². The molecule has 0 saturated heterocycles. The van der Waals surface area contributed by atoms with Crippen molar-refractivity contribution in [2.45, 2.75) is 82.4 Å². The van der Waals surface area contributed by atoms with Gasteiger partial charge in [0.2, 0.25) is 0 Å². The molecule has 1 atom stereocenters. The summed E-state index contributed by atoms with van der Waals surface area (Å²) in [5.41, 5.74) is 2.69. The van der Waals surface area contributed by atoms with Crippen LogP contribution in [0.1, 0.15) is 57.3 Å². The Bertz CT molecular complexity index is 621. The van der Waals surface area contributed by atoms with E-state index in [1.54, 1.807) is 0 Å². The van der Waals surface area contributed by atoms with Crippen molar-refractivity contribution < 1.29 is 8.85 Å². The SMILES string of the molecule is [Li][CH]1C=Cc2cc(O[Si](CC)(CC)CC)c(O[Si](CC)(CC)CC)cc21. The molecular formula is C21H35LiO2Si2. The first-order valence-corrected chi connectivity index (χ1v) is 15.7. The van der Waals surface area contributed by atoms with Crippen LogP contribution in [0, 0.1) is 0 Å². The molecule has 0 bridgehead atoms. The van der Waals surface area contributed by atoms with Crippen molar-refractivity contribution in [3.8, 4) is 11.5 Å². The van der Waals surface area contributed by atoms with Gasteiger partial charge in [0.15, 0.2) is 0 Å². The second kappa shape index (κ2) is 9.19. The molecule has 0 spiro atoms. The van der Waals surface area contributed by atoms with Crippen LogP contribution in [0.5, 0.6) is 11.5 Å². The molecule has 1 aromatic rings. The Labute approximate surface area is 172 Å². The van der Waals surface area contributed by atoms with E-state index in [9.17, 15) is 0 Å². The molecule has 0 aromatic heterocycles. The number of allylic oxidation sites excluding steroid dienone is 1. The first-order valence-electron chi connectivity index (χ1n) is 10.7.